The van der Waals surface area contributed by atoms with E-state index in [1.807, 2.05) is 31.2 Å². The molecule has 2 aliphatic carbocycles. The van der Waals surface area contributed by atoms with Gasteiger partial charge in [0.15, 0.2) is 0 Å². The van der Waals surface area contributed by atoms with Crippen LogP contribution in [0.15, 0.2) is 24.3 Å². The van der Waals surface area contributed by atoms with Crippen molar-refractivity contribution in [3.8, 4) is 5.75 Å². The summed E-state index contributed by atoms with van der Waals surface area (Å²) in [5.41, 5.74) is 1.85. The number of aliphatic hydroxyl groups is 1. The summed E-state index contributed by atoms with van der Waals surface area (Å²) in [5.74, 6) is 1.37. The van der Waals surface area contributed by atoms with Crippen LogP contribution in [0.2, 0.25) is 0 Å². The maximum atomic E-state index is 13.1. The second-order valence-electron chi connectivity index (χ2n) is 7.56. The zero-order chi connectivity index (χ0) is 17.6. The number of carbonyl (C=O) groups is 1. The molecule has 0 spiro atoms. The van der Waals surface area contributed by atoms with Crippen molar-refractivity contribution in [1.29, 1.82) is 0 Å². The van der Waals surface area contributed by atoms with Crippen molar-refractivity contribution in [3.63, 3.8) is 0 Å². The quantitative estimate of drug-likeness (QED) is 0.848. The number of benzene rings is 1. The minimum absolute atomic E-state index is 0.0504. The lowest BCUT2D eigenvalue weighted by molar-refractivity contribution is 0.0826. The van der Waals surface area contributed by atoms with Crippen molar-refractivity contribution in [1.82, 2.24) is 10.3 Å². The Morgan fingerprint density at radius 2 is 2.08 bits per heavy atom. The SMILES string of the molecule is COc1ccc2nc(C3CC3)cc(C(=O)NC(C)(CO)C3CC3)c2c1. The number of ether oxygens (including phenoxy) is 1. The zero-order valence-corrected chi connectivity index (χ0v) is 14.7. The van der Waals surface area contributed by atoms with E-state index < -0.39 is 5.54 Å². The number of carbonyl (C=O) groups excluding carboxylic acids is 1. The molecule has 0 radical (unpaired) electrons. The number of amides is 1. The smallest absolute Gasteiger partial charge is 0.252 e. The van der Waals surface area contributed by atoms with E-state index in [9.17, 15) is 9.90 Å². The zero-order valence-electron chi connectivity index (χ0n) is 14.7. The second-order valence-corrected chi connectivity index (χ2v) is 7.56. The Morgan fingerprint density at radius 1 is 1.32 bits per heavy atom. The Hall–Kier alpha value is -2.14. The van der Waals surface area contributed by atoms with Gasteiger partial charge in [0.25, 0.3) is 5.91 Å². The molecule has 1 aromatic heterocycles. The van der Waals surface area contributed by atoms with Gasteiger partial charge in [0.2, 0.25) is 0 Å². The van der Waals surface area contributed by atoms with Crippen molar-refractivity contribution in [2.75, 3.05) is 13.7 Å². The summed E-state index contributed by atoms with van der Waals surface area (Å²) in [5, 5.41) is 13.7. The Bertz CT molecular complexity index is 827. The van der Waals surface area contributed by atoms with Gasteiger partial charge in [-0.3, -0.25) is 9.78 Å². The molecule has 2 fully saturated rings. The molecule has 0 aliphatic heterocycles. The number of methoxy groups -OCH3 is 1. The Balaban J connectivity index is 1.76. The van der Waals surface area contributed by atoms with Gasteiger partial charge in [0.1, 0.15) is 5.75 Å². The van der Waals surface area contributed by atoms with Gasteiger partial charge < -0.3 is 15.2 Å². The minimum atomic E-state index is -0.564. The van der Waals surface area contributed by atoms with Crippen LogP contribution in [0, 0.1) is 5.92 Å². The number of nitrogens with one attached hydrogen (secondary N) is 1. The highest BCUT2D eigenvalue weighted by molar-refractivity contribution is 6.07. The van der Waals surface area contributed by atoms with Crippen molar-refractivity contribution in [2.24, 2.45) is 5.92 Å². The first-order valence-electron chi connectivity index (χ1n) is 8.96. The molecule has 1 amide bonds. The summed E-state index contributed by atoms with van der Waals surface area (Å²) in [6.07, 6.45) is 4.36. The fraction of sp³-hybridized carbons (Fsp3) is 0.500. The molecular weight excluding hydrogens is 316 g/mol. The number of pyridine rings is 1. The second kappa shape index (κ2) is 5.99. The van der Waals surface area contributed by atoms with Gasteiger partial charge in [-0.1, -0.05) is 0 Å². The van der Waals surface area contributed by atoms with Gasteiger partial charge >= 0.3 is 0 Å². The molecule has 2 saturated carbocycles. The van der Waals surface area contributed by atoms with Crippen molar-refractivity contribution in [3.05, 3.63) is 35.5 Å². The average molecular weight is 340 g/mol. The molecule has 0 saturated heterocycles. The van der Waals surface area contributed by atoms with E-state index in [-0.39, 0.29) is 12.5 Å². The third kappa shape index (κ3) is 3.09. The highest BCUT2D eigenvalue weighted by Gasteiger charge is 2.42. The predicted molar refractivity (Wildman–Crippen MR) is 96.0 cm³/mol. The highest BCUT2D eigenvalue weighted by atomic mass is 16.5. The fourth-order valence-electron chi connectivity index (χ4n) is 3.45. The molecule has 4 rings (SSSR count). The summed E-state index contributed by atoms with van der Waals surface area (Å²) in [6.45, 7) is 1.87. The first-order valence-corrected chi connectivity index (χ1v) is 8.96. The van der Waals surface area contributed by atoms with Gasteiger partial charge in [-0.2, -0.15) is 0 Å². The Kier molecular flexibility index (Phi) is 3.91. The molecule has 25 heavy (non-hydrogen) atoms. The van der Waals surface area contributed by atoms with Crippen LogP contribution in [-0.2, 0) is 0 Å². The summed E-state index contributed by atoms with van der Waals surface area (Å²) >= 11 is 0. The highest BCUT2D eigenvalue weighted by Crippen LogP contribution is 2.41. The van der Waals surface area contributed by atoms with Gasteiger partial charge in [0.05, 0.1) is 30.3 Å². The van der Waals surface area contributed by atoms with Gasteiger partial charge in [-0.05, 0) is 62.8 Å². The van der Waals surface area contributed by atoms with E-state index >= 15 is 0 Å². The van der Waals surface area contributed by atoms with E-state index in [0.717, 1.165) is 42.3 Å². The van der Waals surface area contributed by atoms with E-state index in [4.69, 9.17) is 9.72 Å². The van der Waals surface area contributed by atoms with Crippen molar-refractivity contribution < 1.29 is 14.6 Å². The molecule has 2 aromatic rings. The summed E-state index contributed by atoms with van der Waals surface area (Å²) < 4.78 is 5.32. The number of fused-ring (bicyclic) bond motifs is 1. The van der Waals surface area contributed by atoms with Crippen LogP contribution in [0.1, 0.15) is 54.6 Å². The molecule has 1 atom stereocenters. The van der Waals surface area contributed by atoms with Gasteiger partial charge in [-0.25, -0.2) is 0 Å². The molecule has 0 bridgehead atoms. The molecule has 1 heterocycles. The molecule has 5 nitrogen and oxygen atoms in total. The van der Waals surface area contributed by atoms with Crippen LogP contribution < -0.4 is 10.1 Å². The van der Waals surface area contributed by atoms with Gasteiger partial charge in [-0.15, -0.1) is 0 Å². The summed E-state index contributed by atoms with van der Waals surface area (Å²) in [4.78, 5) is 17.8. The van der Waals surface area contributed by atoms with Gasteiger partial charge in [0, 0.05) is 17.0 Å². The molecule has 1 aromatic carbocycles. The first-order chi connectivity index (χ1) is 12.0. The number of hydrogen-bond donors (Lipinski definition) is 2. The number of nitrogens with zero attached hydrogens (tertiary/aromatic N) is 1. The third-order valence-electron chi connectivity index (χ3n) is 5.48. The Labute approximate surface area is 147 Å². The average Bonchev–Trinajstić information content (AvgIpc) is 3.51. The van der Waals surface area contributed by atoms with E-state index in [2.05, 4.69) is 5.32 Å². The number of hydrogen-bond acceptors (Lipinski definition) is 4. The maximum Gasteiger partial charge on any atom is 0.252 e. The van der Waals surface area contributed by atoms with E-state index in [0.29, 0.717) is 23.1 Å². The van der Waals surface area contributed by atoms with Crippen LogP contribution in [0.25, 0.3) is 10.9 Å². The molecule has 5 heteroatoms. The lowest BCUT2D eigenvalue weighted by atomic mass is 9.95. The number of aromatic nitrogens is 1. The molecule has 2 aliphatic rings. The van der Waals surface area contributed by atoms with Crippen molar-refractivity contribution >= 4 is 16.8 Å². The van der Waals surface area contributed by atoms with Crippen LogP contribution in [-0.4, -0.2) is 35.3 Å². The fourth-order valence-corrected chi connectivity index (χ4v) is 3.45. The first kappa shape index (κ1) is 16.3. The Morgan fingerprint density at radius 3 is 2.68 bits per heavy atom. The molecule has 132 valence electrons. The van der Waals surface area contributed by atoms with E-state index in [1.54, 1.807) is 7.11 Å². The minimum Gasteiger partial charge on any atom is -0.497 e. The molecule has 1 unspecified atom stereocenters. The monoisotopic (exact) mass is 340 g/mol. The third-order valence-corrected chi connectivity index (χ3v) is 5.48. The number of rotatable bonds is 6. The van der Waals surface area contributed by atoms with Crippen LogP contribution in [0.4, 0.5) is 0 Å². The standard InChI is InChI=1S/C20H24N2O3/c1-20(11-23,13-5-6-13)22-19(24)16-10-18(12-3-4-12)21-17-8-7-14(25-2)9-15(16)17/h7-10,12-13,23H,3-6,11H2,1-2H3,(H,22,24). The molecular formula is C20H24N2O3. The summed E-state index contributed by atoms with van der Waals surface area (Å²) in [6, 6.07) is 7.56. The number of aliphatic hydroxyl groups excluding tert-OH is 1. The molecule has 2 N–H and O–H groups in total. The summed E-state index contributed by atoms with van der Waals surface area (Å²) in [7, 11) is 1.61. The lowest BCUT2D eigenvalue weighted by Crippen LogP contribution is -2.50. The predicted octanol–water partition coefficient (Wildman–Crippen LogP) is 3.01. The normalized spacial score (nSPS) is 19.5. The maximum absolute atomic E-state index is 13.1. The topological polar surface area (TPSA) is 71.5 Å². The largest absolute Gasteiger partial charge is 0.497 e. The van der Waals surface area contributed by atoms with Crippen LogP contribution in [0.5, 0.6) is 5.75 Å². The van der Waals surface area contributed by atoms with Crippen LogP contribution >= 0.6 is 0 Å². The lowest BCUT2D eigenvalue weighted by Gasteiger charge is -2.29. The van der Waals surface area contributed by atoms with Crippen molar-refractivity contribution in [2.45, 2.75) is 44.1 Å². The van der Waals surface area contributed by atoms with Crippen LogP contribution in [0.3, 0.4) is 0 Å². The van der Waals surface area contributed by atoms with E-state index in [1.165, 1.54) is 0 Å².